The molecule has 0 aromatic heterocycles. The highest BCUT2D eigenvalue weighted by Crippen LogP contribution is 2.38. The highest BCUT2D eigenvalue weighted by molar-refractivity contribution is 6.62. The Labute approximate surface area is 200 Å². The molecule has 2 aliphatic heterocycles. The molecule has 1 atom stereocenters. The van der Waals surface area contributed by atoms with E-state index in [1.165, 1.54) is 6.07 Å². The summed E-state index contributed by atoms with van der Waals surface area (Å²) in [7, 11) is -0.938. The van der Waals surface area contributed by atoms with Crippen molar-refractivity contribution in [1.82, 2.24) is 4.90 Å². The summed E-state index contributed by atoms with van der Waals surface area (Å²) in [6.07, 6.45) is -3.35. The average molecular weight is 485 g/mol. The van der Waals surface area contributed by atoms with Crippen LogP contribution in [-0.4, -0.2) is 54.6 Å². The molecule has 1 aromatic rings. The van der Waals surface area contributed by atoms with Gasteiger partial charge in [0.15, 0.2) is 0 Å². The van der Waals surface area contributed by atoms with Gasteiger partial charge in [-0.25, -0.2) is 4.79 Å². The van der Waals surface area contributed by atoms with E-state index in [1.807, 2.05) is 27.7 Å². The van der Waals surface area contributed by atoms with Gasteiger partial charge in [-0.3, -0.25) is 0 Å². The fraction of sp³-hybridized carbons (Fsp3) is 0.708. The van der Waals surface area contributed by atoms with E-state index in [1.54, 1.807) is 25.7 Å². The van der Waals surface area contributed by atoms with Gasteiger partial charge in [0.25, 0.3) is 0 Å². The molecule has 6 nitrogen and oxygen atoms in total. The number of ether oxygens (including phenoxy) is 2. The molecule has 2 aliphatic rings. The molecular formula is C24H35BF3NO5. The second-order valence-corrected chi connectivity index (χ2v) is 11.1. The summed E-state index contributed by atoms with van der Waals surface area (Å²) in [4.78, 5) is 14.0. The molecule has 0 spiro atoms. The van der Waals surface area contributed by atoms with Crippen LogP contribution in [0.25, 0.3) is 0 Å². The number of halogens is 3. The van der Waals surface area contributed by atoms with Gasteiger partial charge in [-0.15, -0.1) is 0 Å². The molecule has 0 radical (unpaired) electrons. The van der Waals surface area contributed by atoms with Crippen LogP contribution in [0.4, 0.5) is 18.0 Å². The molecule has 1 amide bonds. The second kappa shape index (κ2) is 9.26. The maximum Gasteiger partial charge on any atom is 0.494 e. The minimum Gasteiger partial charge on any atom is -0.493 e. The highest BCUT2D eigenvalue weighted by Gasteiger charge is 2.52. The zero-order chi connectivity index (χ0) is 25.5. The molecule has 0 saturated carbocycles. The third-order valence-electron chi connectivity index (χ3n) is 6.44. The molecular weight excluding hydrogens is 450 g/mol. The van der Waals surface area contributed by atoms with Crippen molar-refractivity contribution in [2.24, 2.45) is 5.92 Å². The van der Waals surface area contributed by atoms with E-state index in [0.717, 1.165) is 25.0 Å². The van der Waals surface area contributed by atoms with Gasteiger partial charge in [0.2, 0.25) is 0 Å². The van der Waals surface area contributed by atoms with Gasteiger partial charge in [-0.2, -0.15) is 13.2 Å². The Morgan fingerprint density at radius 2 is 1.74 bits per heavy atom. The number of likely N-dealkylation sites (tertiary alicyclic amines) is 1. The van der Waals surface area contributed by atoms with Gasteiger partial charge in [0.1, 0.15) is 11.4 Å². The first-order chi connectivity index (χ1) is 15.5. The van der Waals surface area contributed by atoms with Crippen molar-refractivity contribution >= 4 is 18.7 Å². The minimum atomic E-state index is -4.55. The summed E-state index contributed by atoms with van der Waals surface area (Å²) in [5.74, 6) is 0.0741. The van der Waals surface area contributed by atoms with Crippen LogP contribution in [0.3, 0.4) is 0 Å². The molecule has 2 heterocycles. The molecule has 2 fully saturated rings. The third-order valence-corrected chi connectivity index (χ3v) is 6.44. The number of piperidine rings is 1. The normalized spacial score (nSPS) is 22.6. The average Bonchev–Trinajstić information content (AvgIpc) is 2.92. The van der Waals surface area contributed by atoms with Crippen molar-refractivity contribution in [2.75, 3.05) is 19.7 Å². The quantitative estimate of drug-likeness (QED) is 0.560. The van der Waals surface area contributed by atoms with Crippen LogP contribution >= 0.6 is 0 Å². The van der Waals surface area contributed by atoms with E-state index < -0.39 is 35.7 Å². The molecule has 34 heavy (non-hydrogen) atoms. The fourth-order valence-corrected chi connectivity index (χ4v) is 3.89. The number of hydrogen-bond donors (Lipinski definition) is 0. The number of amides is 1. The van der Waals surface area contributed by atoms with Crippen LogP contribution in [0.15, 0.2) is 18.2 Å². The number of carbonyl (C=O) groups excluding carboxylic acids is 1. The Kier molecular flexibility index (Phi) is 7.26. The van der Waals surface area contributed by atoms with Crippen LogP contribution in [0.1, 0.15) is 66.9 Å². The van der Waals surface area contributed by atoms with Gasteiger partial charge in [-0.1, -0.05) is 0 Å². The van der Waals surface area contributed by atoms with E-state index in [2.05, 4.69) is 0 Å². The minimum absolute atomic E-state index is 0.0175. The molecule has 0 aliphatic carbocycles. The summed E-state index contributed by atoms with van der Waals surface area (Å²) in [6, 6.07) is 3.56. The zero-order valence-corrected chi connectivity index (χ0v) is 21.0. The summed E-state index contributed by atoms with van der Waals surface area (Å²) in [5, 5.41) is 0. The Morgan fingerprint density at radius 3 is 2.29 bits per heavy atom. The predicted molar refractivity (Wildman–Crippen MR) is 123 cm³/mol. The Morgan fingerprint density at radius 1 is 1.12 bits per heavy atom. The largest absolute Gasteiger partial charge is 0.494 e. The lowest BCUT2D eigenvalue weighted by Crippen LogP contribution is -2.44. The Balaban J connectivity index is 1.73. The SMILES string of the molecule is CC(C)(C)OC(=O)N1CCCC(COc2cc(B3OC(C)(C)C(C)(C)O3)cc(C(F)(F)F)c2)C1. The van der Waals surface area contributed by atoms with Gasteiger partial charge in [-0.05, 0) is 85.0 Å². The first-order valence-electron chi connectivity index (χ1n) is 11.7. The lowest BCUT2D eigenvalue weighted by Gasteiger charge is -2.34. The maximum atomic E-state index is 13.6. The maximum absolute atomic E-state index is 13.6. The molecule has 10 heteroatoms. The van der Waals surface area contributed by atoms with Crippen molar-refractivity contribution < 1.29 is 36.7 Å². The molecule has 2 saturated heterocycles. The summed E-state index contributed by atoms with van der Waals surface area (Å²) in [6.45, 7) is 14.0. The van der Waals surface area contributed by atoms with Crippen molar-refractivity contribution in [3.8, 4) is 5.75 Å². The second-order valence-electron chi connectivity index (χ2n) is 11.1. The summed E-state index contributed by atoms with van der Waals surface area (Å²) >= 11 is 0. The smallest absolute Gasteiger partial charge is 0.493 e. The predicted octanol–water partition coefficient (Wildman–Crippen LogP) is 5.03. The lowest BCUT2D eigenvalue weighted by molar-refractivity contribution is -0.137. The first-order valence-corrected chi connectivity index (χ1v) is 11.7. The van der Waals surface area contributed by atoms with Gasteiger partial charge in [0.05, 0.1) is 23.4 Å². The molecule has 3 rings (SSSR count). The zero-order valence-electron chi connectivity index (χ0n) is 21.0. The van der Waals surface area contributed by atoms with Crippen molar-refractivity contribution in [3.63, 3.8) is 0 Å². The van der Waals surface area contributed by atoms with Crippen LogP contribution in [0.5, 0.6) is 5.75 Å². The standard InChI is InChI=1S/C24H35BF3NO5/c1-21(2,3)32-20(30)29-10-8-9-16(14-29)15-31-19-12-17(24(26,27)28)11-18(13-19)25-33-22(4,5)23(6,7)34-25/h11-13,16H,8-10,14-15H2,1-7H3. The number of nitrogens with zero attached hydrogens (tertiary/aromatic N) is 1. The third kappa shape index (κ3) is 6.39. The van der Waals surface area contributed by atoms with Crippen LogP contribution in [0, 0.1) is 5.92 Å². The molecule has 190 valence electrons. The number of carbonyl (C=O) groups is 1. The van der Waals surface area contributed by atoms with E-state index in [4.69, 9.17) is 18.8 Å². The monoisotopic (exact) mass is 485 g/mol. The number of hydrogen-bond acceptors (Lipinski definition) is 5. The van der Waals surface area contributed by atoms with Crippen LogP contribution < -0.4 is 10.2 Å². The van der Waals surface area contributed by atoms with E-state index in [9.17, 15) is 18.0 Å². The van der Waals surface area contributed by atoms with Crippen molar-refractivity contribution in [1.29, 1.82) is 0 Å². The van der Waals surface area contributed by atoms with Gasteiger partial charge < -0.3 is 23.7 Å². The van der Waals surface area contributed by atoms with E-state index >= 15 is 0 Å². The van der Waals surface area contributed by atoms with E-state index in [-0.39, 0.29) is 29.8 Å². The van der Waals surface area contributed by atoms with Gasteiger partial charge >= 0.3 is 19.4 Å². The molecule has 1 aromatic carbocycles. The molecule has 1 unspecified atom stereocenters. The van der Waals surface area contributed by atoms with Crippen molar-refractivity contribution in [2.45, 2.75) is 84.3 Å². The lowest BCUT2D eigenvalue weighted by atomic mass is 9.78. The topological polar surface area (TPSA) is 57.2 Å². The Bertz CT molecular complexity index is 882. The number of alkyl halides is 3. The molecule has 0 N–H and O–H groups in total. The van der Waals surface area contributed by atoms with Crippen molar-refractivity contribution in [3.05, 3.63) is 23.8 Å². The summed E-state index contributed by atoms with van der Waals surface area (Å²) in [5.41, 5.74) is -2.53. The fourth-order valence-electron chi connectivity index (χ4n) is 3.89. The Hall–Kier alpha value is -1.94. The van der Waals surface area contributed by atoms with Crippen LogP contribution in [0.2, 0.25) is 0 Å². The highest BCUT2D eigenvalue weighted by atomic mass is 19.4. The van der Waals surface area contributed by atoms with Crippen LogP contribution in [-0.2, 0) is 20.2 Å². The number of rotatable bonds is 4. The summed E-state index contributed by atoms with van der Waals surface area (Å²) < 4.78 is 64.0. The van der Waals surface area contributed by atoms with E-state index in [0.29, 0.717) is 13.1 Å². The first kappa shape index (κ1) is 26.7. The number of benzene rings is 1. The molecule has 0 bridgehead atoms. The van der Waals surface area contributed by atoms with Gasteiger partial charge in [0, 0.05) is 19.0 Å².